The maximum absolute atomic E-state index is 12.0. The van der Waals surface area contributed by atoms with Crippen molar-refractivity contribution in [2.45, 2.75) is 129 Å². The van der Waals surface area contributed by atoms with Gasteiger partial charge in [-0.2, -0.15) is 4.57 Å². The van der Waals surface area contributed by atoms with Crippen LogP contribution < -0.4 is 4.57 Å². The first-order valence-corrected chi connectivity index (χ1v) is 16.0. The van der Waals surface area contributed by atoms with E-state index in [1.165, 1.54) is 69.5 Å². The normalized spacial score (nSPS) is 14.3. The first kappa shape index (κ1) is 27.7. The van der Waals surface area contributed by atoms with Gasteiger partial charge < -0.3 is 13.6 Å². The lowest BCUT2D eigenvalue weighted by Crippen LogP contribution is -2.41. The third-order valence-electron chi connectivity index (χ3n) is 6.52. The lowest BCUT2D eigenvalue weighted by molar-refractivity contribution is -0.712. The van der Waals surface area contributed by atoms with Crippen LogP contribution in [0.1, 0.15) is 97.1 Å². The third kappa shape index (κ3) is 9.66. The van der Waals surface area contributed by atoms with E-state index in [-0.39, 0.29) is 6.10 Å². The molecule has 2 heterocycles. The Hall–Kier alpha value is -1.58. The maximum Gasteiger partial charge on any atom is 0.384 e. The van der Waals surface area contributed by atoms with Crippen LogP contribution in [-0.4, -0.2) is 27.0 Å². The first-order valence-electron chi connectivity index (χ1n) is 13.4. The van der Waals surface area contributed by atoms with E-state index in [9.17, 15) is 4.79 Å². The van der Waals surface area contributed by atoms with Gasteiger partial charge in [-0.05, 0) is 37.9 Å². The number of aryl methyl sites for hydroxylation is 3. The molecule has 186 valence electrons. The van der Waals surface area contributed by atoms with Crippen molar-refractivity contribution in [2.75, 3.05) is 6.61 Å². The molecule has 0 radical (unpaired) electrons. The molecule has 1 atom stereocenters. The zero-order valence-corrected chi connectivity index (χ0v) is 22.5. The van der Waals surface area contributed by atoms with Gasteiger partial charge in [0.1, 0.15) is 6.10 Å². The number of unbranched alkanes of at least 4 members (excludes halogenated alkanes) is 3. The standard InChI is InChI=1S/C27H46NO4Si/c1-5-9-20-33(21-10-6-2,22-11-7-3)32-24(17-18-27(29)30-8-4)15-16-25-23-28-19-13-12-14-26(28)31-25/h23-24H,5-16,19-22H2,1-4H3/q+1. The molecule has 0 saturated carbocycles. The van der Waals surface area contributed by atoms with E-state index >= 15 is 0 Å². The Morgan fingerprint density at radius 1 is 1.09 bits per heavy atom. The van der Waals surface area contributed by atoms with Gasteiger partial charge in [0.2, 0.25) is 6.20 Å². The molecule has 0 amide bonds. The minimum atomic E-state index is -1.95. The van der Waals surface area contributed by atoms with Crippen LogP contribution in [0, 0.1) is 11.8 Å². The number of rotatable bonds is 15. The Morgan fingerprint density at radius 2 is 1.76 bits per heavy atom. The summed E-state index contributed by atoms with van der Waals surface area (Å²) in [6.07, 6.45) is 14.0. The summed E-state index contributed by atoms with van der Waals surface area (Å²) in [5, 5.41) is 0. The lowest BCUT2D eigenvalue weighted by Gasteiger charge is -2.34. The molecule has 0 N–H and O–H groups in total. The van der Waals surface area contributed by atoms with Gasteiger partial charge in [-0.3, -0.25) is 0 Å². The molecule has 1 aromatic heterocycles. The molecule has 0 fully saturated rings. The first-order chi connectivity index (χ1) is 16.1. The molecule has 0 aromatic carbocycles. The van der Waals surface area contributed by atoms with Crippen LogP contribution in [0.15, 0.2) is 10.6 Å². The molecule has 1 aromatic rings. The van der Waals surface area contributed by atoms with Crippen molar-refractivity contribution in [3.05, 3.63) is 17.8 Å². The Balaban J connectivity index is 2.20. The average molecular weight is 477 g/mol. The van der Waals surface area contributed by atoms with E-state index in [1.807, 2.05) is 6.92 Å². The van der Waals surface area contributed by atoms with Crippen LogP contribution in [0.5, 0.6) is 0 Å². The molecule has 2 rings (SSSR count). The number of ether oxygens (including phenoxy) is 1. The highest BCUT2D eigenvalue weighted by atomic mass is 28.4. The molecule has 6 heteroatoms. The van der Waals surface area contributed by atoms with Gasteiger partial charge >= 0.3 is 11.9 Å². The Morgan fingerprint density at radius 3 is 2.33 bits per heavy atom. The number of aromatic nitrogens is 1. The largest absolute Gasteiger partial charge is 0.456 e. The summed E-state index contributed by atoms with van der Waals surface area (Å²) in [6, 6.07) is 3.56. The predicted octanol–water partition coefficient (Wildman–Crippen LogP) is 6.13. The summed E-state index contributed by atoms with van der Waals surface area (Å²) < 4.78 is 20.4. The molecule has 5 nitrogen and oxygen atoms in total. The van der Waals surface area contributed by atoms with E-state index in [4.69, 9.17) is 13.6 Å². The van der Waals surface area contributed by atoms with Crippen LogP contribution in [-0.2, 0) is 33.3 Å². The van der Waals surface area contributed by atoms with Crippen molar-refractivity contribution >= 4 is 14.3 Å². The second kappa shape index (κ2) is 15.3. The zero-order chi connectivity index (χ0) is 23.9. The van der Waals surface area contributed by atoms with Crippen molar-refractivity contribution in [1.29, 1.82) is 0 Å². The van der Waals surface area contributed by atoms with E-state index < -0.39 is 14.3 Å². The molecule has 1 unspecified atom stereocenters. The number of carbonyl (C=O) groups excluding carboxylic acids is 1. The highest BCUT2D eigenvalue weighted by Gasteiger charge is 2.35. The highest BCUT2D eigenvalue weighted by Crippen LogP contribution is 2.31. The molecule has 0 saturated heterocycles. The number of esters is 1. The second-order valence-electron chi connectivity index (χ2n) is 9.37. The fraction of sp³-hybridized carbons (Fsp3) is 0.778. The number of oxazole rings is 1. The number of carbonyl (C=O) groups is 1. The summed E-state index contributed by atoms with van der Waals surface area (Å²) in [4.78, 5) is 12.0. The van der Waals surface area contributed by atoms with Crippen molar-refractivity contribution in [1.82, 2.24) is 0 Å². The Kier molecular flexibility index (Phi) is 12.9. The van der Waals surface area contributed by atoms with Gasteiger partial charge in [0.05, 0.1) is 13.0 Å². The number of fused-ring (bicyclic) bond motifs is 1. The van der Waals surface area contributed by atoms with E-state index in [1.54, 1.807) is 0 Å². The number of hydrogen-bond donors (Lipinski definition) is 0. The smallest absolute Gasteiger partial charge is 0.384 e. The summed E-state index contributed by atoms with van der Waals surface area (Å²) >= 11 is 0. The predicted molar refractivity (Wildman–Crippen MR) is 134 cm³/mol. The summed E-state index contributed by atoms with van der Waals surface area (Å²) in [7, 11) is -1.95. The molecule has 33 heavy (non-hydrogen) atoms. The Bertz CT molecular complexity index is 719. The van der Waals surface area contributed by atoms with Crippen molar-refractivity contribution in [2.24, 2.45) is 0 Å². The molecular formula is C27H46NO4Si+. The SMILES string of the molecule is CCCC[Si](CCCC)(CCCC)OC(C#CC(=O)OCC)CCc1c[n+]2c(o1)CCCC2. The second-order valence-corrected chi connectivity index (χ2v) is 13.5. The molecule has 0 spiro atoms. The van der Waals surface area contributed by atoms with Gasteiger partial charge in [-0.15, -0.1) is 0 Å². The highest BCUT2D eigenvalue weighted by molar-refractivity contribution is 6.73. The maximum atomic E-state index is 12.0. The molecule has 1 aliphatic heterocycles. The van der Waals surface area contributed by atoms with Gasteiger partial charge in [0, 0.05) is 18.8 Å². The minimum absolute atomic E-state index is 0.251. The number of nitrogens with zero attached hydrogens (tertiary/aromatic N) is 1. The molecular weight excluding hydrogens is 430 g/mol. The van der Waals surface area contributed by atoms with E-state index in [2.05, 4.69) is 43.4 Å². The quantitative estimate of drug-likeness (QED) is 0.100. The van der Waals surface area contributed by atoms with Crippen molar-refractivity contribution in [3.8, 4) is 11.8 Å². The van der Waals surface area contributed by atoms with Gasteiger partial charge in [-0.1, -0.05) is 65.2 Å². The summed E-state index contributed by atoms with van der Waals surface area (Å²) in [6.45, 7) is 9.97. The fourth-order valence-corrected chi connectivity index (χ4v) is 9.51. The van der Waals surface area contributed by atoms with Crippen LogP contribution in [0.25, 0.3) is 0 Å². The minimum Gasteiger partial charge on any atom is -0.456 e. The lowest BCUT2D eigenvalue weighted by atomic mass is 10.2. The molecule has 1 aliphatic rings. The van der Waals surface area contributed by atoms with Gasteiger partial charge in [-0.25, -0.2) is 4.79 Å². The number of hydrogen-bond acceptors (Lipinski definition) is 4. The van der Waals surface area contributed by atoms with Gasteiger partial charge in [0.15, 0.2) is 20.6 Å². The fourth-order valence-electron chi connectivity index (χ4n) is 4.63. The molecule has 0 bridgehead atoms. The van der Waals surface area contributed by atoms with E-state index in [0.29, 0.717) is 6.61 Å². The Labute approximate surface area is 202 Å². The summed E-state index contributed by atoms with van der Waals surface area (Å²) in [5.41, 5.74) is 0. The van der Waals surface area contributed by atoms with Crippen molar-refractivity contribution < 1.29 is 22.9 Å². The van der Waals surface area contributed by atoms with Crippen LogP contribution in [0.2, 0.25) is 18.1 Å². The van der Waals surface area contributed by atoms with Gasteiger partial charge in [0.25, 0.3) is 0 Å². The zero-order valence-electron chi connectivity index (χ0n) is 21.5. The van der Waals surface area contributed by atoms with Crippen LogP contribution in [0.3, 0.4) is 0 Å². The monoisotopic (exact) mass is 476 g/mol. The van der Waals surface area contributed by atoms with Crippen molar-refractivity contribution in [3.63, 3.8) is 0 Å². The average Bonchev–Trinajstić information content (AvgIpc) is 3.25. The summed E-state index contributed by atoms with van der Waals surface area (Å²) in [5.74, 6) is 7.50. The third-order valence-corrected chi connectivity index (χ3v) is 11.1. The van der Waals surface area contributed by atoms with Crippen LogP contribution in [0.4, 0.5) is 0 Å². The topological polar surface area (TPSA) is 52.6 Å². The van der Waals surface area contributed by atoms with Crippen LogP contribution >= 0.6 is 0 Å². The molecule has 0 aliphatic carbocycles. The van der Waals surface area contributed by atoms with E-state index in [0.717, 1.165) is 37.5 Å².